The number of ketones is 1. The summed E-state index contributed by atoms with van der Waals surface area (Å²) in [7, 11) is 0. The first-order valence-electron chi connectivity index (χ1n) is 11.3. The number of hydrogen-bond donors (Lipinski definition) is 0. The molecule has 2 saturated heterocycles. The number of benzene rings is 2. The van der Waals surface area contributed by atoms with E-state index in [1.165, 1.54) is 5.56 Å². The molecule has 164 valence electrons. The smallest absolute Gasteiger partial charge is 0.410 e. The van der Waals surface area contributed by atoms with Gasteiger partial charge in [-0.25, -0.2) is 4.79 Å². The van der Waals surface area contributed by atoms with E-state index in [2.05, 4.69) is 24.3 Å². The Balaban J connectivity index is 1.25. The zero-order valence-corrected chi connectivity index (χ0v) is 17.9. The van der Waals surface area contributed by atoms with Crippen molar-refractivity contribution in [3.05, 3.63) is 71.8 Å². The topological polar surface area (TPSA) is 55.8 Å². The lowest BCUT2D eigenvalue weighted by atomic mass is 9.81. The summed E-state index contributed by atoms with van der Waals surface area (Å²) in [6.45, 7) is 1.23. The van der Waals surface area contributed by atoms with Crippen LogP contribution < -0.4 is 0 Å². The van der Waals surface area contributed by atoms with E-state index in [4.69, 9.17) is 9.47 Å². The summed E-state index contributed by atoms with van der Waals surface area (Å²) in [4.78, 5) is 27.4. The number of ether oxygens (including phenoxy) is 2. The van der Waals surface area contributed by atoms with Gasteiger partial charge in [0.2, 0.25) is 0 Å². The fraction of sp³-hybridized carbons (Fsp3) is 0.462. The molecule has 0 N–H and O–H groups in total. The summed E-state index contributed by atoms with van der Waals surface area (Å²) in [6, 6.07) is 20.0. The third-order valence-corrected chi connectivity index (χ3v) is 6.37. The number of unbranched alkanes of at least 4 members (excludes halogenated alkanes) is 1. The van der Waals surface area contributed by atoms with Crippen molar-refractivity contribution in [3.63, 3.8) is 0 Å². The van der Waals surface area contributed by atoms with Crippen LogP contribution in [-0.2, 0) is 27.3 Å². The number of carbonyl (C=O) groups is 2. The molecule has 2 heterocycles. The van der Waals surface area contributed by atoms with Crippen LogP contribution in [0.5, 0.6) is 0 Å². The van der Waals surface area contributed by atoms with E-state index in [9.17, 15) is 9.59 Å². The summed E-state index contributed by atoms with van der Waals surface area (Å²) in [6.07, 6.45) is 4.63. The molecule has 5 heteroatoms. The largest absolute Gasteiger partial charge is 0.445 e. The molecule has 2 bridgehead atoms. The second-order valence-electron chi connectivity index (χ2n) is 8.62. The molecule has 5 nitrogen and oxygen atoms in total. The van der Waals surface area contributed by atoms with Crippen LogP contribution in [0.4, 0.5) is 4.79 Å². The lowest BCUT2D eigenvalue weighted by Crippen LogP contribution is -2.59. The molecule has 2 atom stereocenters. The lowest BCUT2D eigenvalue weighted by Gasteiger charge is -2.47. The van der Waals surface area contributed by atoms with Gasteiger partial charge in [0, 0.05) is 12.3 Å². The number of aryl methyl sites for hydroxylation is 1. The van der Waals surface area contributed by atoms with Crippen LogP contribution in [0.3, 0.4) is 0 Å². The van der Waals surface area contributed by atoms with Crippen molar-refractivity contribution in [1.29, 1.82) is 0 Å². The molecule has 0 aliphatic carbocycles. The van der Waals surface area contributed by atoms with Gasteiger partial charge in [-0.2, -0.15) is 0 Å². The standard InChI is InChI=1S/C26H31NO4/c28-25(14-8-7-11-20-9-3-1-4-10-20)22-15-23-18-30-19-24(16-22)27(23)26(29)31-17-21-12-5-2-6-13-21/h1-6,9-10,12-13,22-24H,7-8,11,14-19H2. The van der Waals surface area contributed by atoms with Crippen LogP contribution in [0.15, 0.2) is 60.7 Å². The Kier molecular flexibility index (Phi) is 7.36. The maximum absolute atomic E-state index is 12.9. The van der Waals surface area contributed by atoms with Gasteiger partial charge in [-0.15, -0.1) is 0 Å². The summed E-state index contributed by atoms with van der Waals surface area (Å²) in [5.41, 5.74) is 2.29. The summed E-state index contributed by atoms with van der Waals surface area (Å²) in [5, 5.41) is 0. The van der Waals surface area contributed by atoms with Gasteiger partial charge in [-0.1, -0.05) is 60.7 Å². The SMILES string of the molecule is O=C(CCCCc1ccccc1)C1CC2COCC(C1)N2C(=O)OCc1ccccc1. The molecule has 0 spiro atoms. The molecule has 2 aromatic rings. The summed E-state index contributed by atoms with van der Waals surface area (Å²) in [5.74, 6) is 0.357. The predicted octanol–water partition coefficient (Wildman–Crippen LogP) is 4.78. The van der Waals surface area contributed by atoms with Gasteiger partial charge in [0.1, 0.15) is 12.4 Å². The molecular weight excluding hydrogens is 390 g/mol. The highest BCUT2D eigenvalue weighted by molar-refractivity contribution is 5.81. The van der Waals surface area contributed by atoms with Crippen molar-refractivity contribution in [1.82, 2.24) is 4.90 Å². The first-order valence-corrected chi connectivity index (χ1v) is 11.3. The van der Waals surface area contributed by atoms with Crippen molar-refractivity contribution in [2.45, 2.75) is 57.2 Å². The highest BCUT2D eigenvalue weighted by Crippen LogP contribution is 2.33. The first-order chi connectivity index (χ1) is 15.2. The normalized spacial score (nSPS) is 22.7. The van der Waals surface area contributed by atoms with Crippen LogP contribution in [0.1, 0.15) is 43.2 Å². The molecule has 4 rings (SSSR count). The zero-order chi connectivity index (χ0) is 21.5. The van der Waals surface area contributed by atoms with Crippen LogP contribution in [0.25, 0.3) is 0 Å². The van der Waals surface area contributed by atoms with Gasteiger partial charge in [-0.3, -0.25) is 9.69 Å². The lowest BCUT2D eigenvalue weighted by molar-refractivity contribution is -0.131. The van der Waals surface area contributed by atoms with Crippen molar-refractivity contribution in [2.75, 3.05) is 13.2 Å². The number of nitrogens with zero attached hydrogens (tertiary/aromatic N) is 1. The monoisotopic (exact) mass is 421 g/mol. The number of piperidine rings is 1. The molecule has 1 amide bonds. The number of carbonyl (C=O) groups excluding carboxylic acids is 2. The molecule has 2 aromatic carbocycles. The quantitative estimate of drug-likeness (QED) is 0.576. The van der Waals surface area contributed by atoms with E-state index in [1.54, 1.807) is 0 Å². The van der Waals surface area contributed by atoms with Gasteiger partial charge in [-0.05, 0) is 43.2 Å². The van der Waals surface area contributed by atoms with E-state index < -0.39 is 0 Å². The molecule has 0 radical (unpaired) electrons. The highest BCUT2D eigenvalue weighted by Gasteiger charge is 2.44. The van der Waals surface area contributed by atoms with Gasteiger partial charge >= 0.3 is 6.09 Å². The average Bonchev–Trinajstić information content (AvgIpc) is 2.80. The average molecular weight is 422 g/mol. The van der Waals surface area contributed by atoms with Crippen LogP contribution in [0, 0.1) is 5.92 Å². The number of hydrogen-bond acceptors (Lipinski definition) is 4. The maximum Gasteiger partial charge on any atom is 0.410 e. The number of amides is 1. The van der Waals surface area contributed by atoms with Crippen LogP contribution in [0.2, 0.25) is 0 Å². The molecule has 0 aromatic heterocycles. The first kappa shape index (κ1) is 21.6. The van der Waals surface area contributed by atoms with E-state index in [0.29, 0.717) is 38.3 Å². The van der Waals surface area contributed by atoms with Crippen LogP contribution >= 0.6 is 0 Å². The number of fused-ring (bicyclic) bond motifs is 2. The molecule has 0 saturated carbocycles. The number of rotatable bonds is 8. The Morgan fingerprint density at radius 1 is 0.871 bits per heavy atom. The fourth-order valence-corrected chi connectivity index (χ4v) is 4.75. The van der Waals surface area contributed by atoms with E-state index in [0.717, 1.165) is 24.8 Å². The van der Waals surface area contributed by atoms with Gasteiger partial charge < -0.3 is 9.47 Å². The van der Waals surface area contributed by atoms with Crippen molar-refractivity contribution >= 4 is 11.9 Å². The maximum atomic E-state index is 12.9. The number of morpholine rings is 1. The second kappa shape index (κ2) is 10.6. The molecule has 2 fully saturated rings. The van der Waals surface area contributed by atoms with Crippen LogP contribution in [-0.4, -0.2) is 42.1 Å². The molecule has 2 aliphatic rings. The molecule has 31 heavy (non-hydrogen) atoms. The molecule has 2 aliphatic heterocycles. The predicted molar refractivity (Wildman–Crippen MR) is 119 cm³/mol. The van der Waals surface area contributed by atoms with Gasteiger partial charge in [0.15, 0.2) is 0 Å². The Morgan fingerprint density at radius 3 is 2.13 bits per heavy atom. The van der Waals surface area contributed by atoms with Gasteiger partial charge in [0.05, 0.1) is 25.3 Å². The second-order valence-corrected chi connectivity index (χ2v) is 8.62. The zero-order valence-electron chi connectivity index (χ0n) is 17.9. The summed E-state index contributed by atoms with van der Waals surface area (Å²) < 4.78 is 11.3. The fourth-order valence-electron chi connectivity index (χ4n) is 4.75. The Hall–Kier alpha value is -2.66. The molecular formula is C26H31NO4. The van der Waals surface area contributed by atoms with E-state index in [1.807, 2.05) is 41.3 Å². The summed E-state index contributed by atoms with van der Waals surface area (Å²) >= 11 is 0. The van der Waals surface area contributed by atoms with Crippen molar-refractivity contribution in [2.24, 2.45) is 5.92 Å². The number of Topliss-reactive ketones (excluding diaryl/α,β-unsaturated/α-hetero) is 1. The minimum absolute atomic E-state index is 0.0220. The van der Waals surface area contributed by atoms with Gasteiger partial charge in [0.25, 0.3) is 0 Å². The van der Waals surface area contributed by atoms with E-state index in [-0.39, 0.29) is 30.7 Å². The third kappa shape index (κ3) is 5.73. The van der Waals surface area contributed by atoms with Crippen molar-refractivity contribution < 1.29 is 19.1 Å². The Labute approximate surface area is 184 Å². The Bertz CT molecular complexity index is 840. The minimum Gasteiger partial charge on any atom is -0.445 e. The van der Waals surface area contributed by atoms with E-state index >= 15 is 0 Å². The third-order valence-electron chi connectivity index (χ3n) is 6.37. The Morgan fingerprint density at radius 2 is 1.48 bits per heavy atom. The van der Waals surface area contributed by atoms with Crippen molar-refractivity contribution in [3.8, 4) is 0 Å². The minimum atomic E-state index is -0.295. The highest BCUT2D eigenvalue weighted by atomic mass is 16.6. The molecule has 2 unspecified atom stereocenters.